The van der Waals surface area contributed by atoms with E-state index in [2.05, 4.69) is 15.7 Å². The fraction of sp³-hybridized carbons (Fsp3) is 0.167. The van der Waals surface area contributed by atoms with Gasteiger partial charge in [0, 0.05) is 12.6 Å². The fourth-order valence-electron chi connectivity index (χ4n) is 1.52. The molecule has 7 nitrogen and oxygen atoms in total. The molecule has 0 unspecified atom stereocenters. The fourth-order valence-corrected chi connectivity index (χ4v) is 1.52. The third-order valence-electron chi connectivity index (χ3n) is 2.35. The number of hydrogen-bond donors (Lipinski definition) is 2. The van der Waals surface area contributed by atoms with Gasteiger partial charge in [0.2, 0.25) is 11.8 Å². The highest BCUT2D eigenvalue weighted by molar-refractivity contribution is 6.02. The van der Waals surface area contributed by atoms with Crippen molar-refractivity contribution < 1.29 is 14.4 Å². The Morgan fingerprint density at radius 3 is 2.58 bits per heavy atom. The van der Waals surface area contributed by atoms with E-state index >= 15 is 0 Å². The molecule has 0 aliphatic carbocycles. The van der Waals surface area contributed by atoms with Gasteiger partial charge >= 0.3 is 6.03 Å². The number of rotatable bonds is 3. The van der Waals surface area contributed by atoms with Crippen molar-refractivity contribution in [3.05, 3.63) is 29.8 Å². The van der Waals surface area contributed by atoms with E-state index in [0.29, 0.717) is 5.69 Å². The molecule has 0 bridgehead atoms. The molecular formula is C12H12N4O3. The third-order valence-corrected chi connectivity index (χ3v) is 2.35. The minimum Gasteiger partial charge on any atom is -0.326 e. The number of carbonyl (C=O) groups excluding carboxylic acids is 3. The highest BCUT2D eigenvalue weighted by atomic mass is 16.2. The maximum absolute atomic E-state index is 11.2. The van der Waals surface area contributed by atoms with Crippen molar-refractivity contribution in [1.29, 1.82) is 0 Å². The van der Waals surface area contributed by atoms with Crippen molar-refractivity contribution in [2.75, 3.05) is 11.9 Å². The molecule has 2 N–H and O–H groups in total. The van der Waals surface area contributed by atoms with Gasteiger partial charge in [-0.05, 0) is 17.7 Å². The van der Waals surface area contributed by atoms with E-state index in [1.165, 1.54) is 13.1 Å². The smallest absolute Gasteiger partial charge is 0.326 e. The second-order valence-electron chi connectivity index (χ2n) is 3.96. The van der Waals surface area contributed by atoms with Crippen LogP contribution in [-0.4, -0.2) is 35.6 Å². The summed E-state index contributed by atoms with van der Waals surface area (Å²) in [4.78, 5) is 33.0. The predicted molar refractivity (Wildman–Crippen MR) is 68.6 cm³/mol. The van der Waals surface area contributed by atoms with Crippen molar-refractivity contribution in [3.8, 4) is 0 Å². The van der Waals surface area contributed by atoms with Gasteiger partial charge in [0.1, 0.15) is 6.54 Å². The summed E-state index contributed by atoms with van der Waals surface area (Å²) in [6.07, 6.45) is 1.47. The van der Waals surface area contributed by atoms with Crippen LogP contribution >= 0.6 is 0 Å². The van der Waals surface area contributed by atoms with Gasteiger partial charge in [-0.1, -0.05) is 12.1 Å². The first-order valence-corrected chi connectivity index (χ1v) is 5.57. The summed E-state index contributed by atoms with van der Waals surface area (Å²) in [7, 11) is 0. The zero-order chi connectivity index (χ0) is 13.8. The van der Waals surface area contributed by atoms with Gasteiger partial charge < -0.3 is 5.32 Å². The molecule has 0 aromatic heterocycles. The average molecular weight is 260 g/mol. The molecule has 2 rings (SSSR count). The second-order valence-corrected chi connectivity index (χ2v) is 3.96. The minimum absolute atomic E-state index is 0.0701. The Morgan fingerprint density at radius 2 is 2.05 bits per heavy atom. The second kappa shape index (κ2) is 5.30. The Bertz CT molecular complexity index is 551. The number of hydrazone groups is 1. The minimum atomic E-state index is -0.531. The summed E-state index contributed by atoms with van der Waals surface area (Å²) >= 11 is 0. The van der Waals surface area contributed by atoms with Crippen LogP contribution in [0.3, 0.4) is 0 Å². The molecule has 1 aliphatic heterocycles. The van der Waals surface area contributed by atoms with Crippen LogP contribution in [0.4, 0.5) is 10.5 Å². The Kier molecular flexibility index (Phi) is 3.56. The van der Waals surface area contributed by atoms with Crippen molar-refractivity contribution >= 4 is 29.7 Å². The van der Waals surface area contributed by atoms with E-state index in [1.54, 1.807) is 24.3 Å². The summed E-state index contributed by atoms with van der Waals surface area (Å²) in [5.41, 5.74) is 1.43. The summed E-state index contributed by atoms with van der Waals surface area (Å²) in [6, 6.07) is 6.39. The number of hydrogen-bond acceptors (Lipinski definition) is 4. The lowest BCUT2D eigenvalue weighted by molar-refractivity contribution is -0.118. The molecular weight excluding hydrogens is 248 g/mol. The molecule has 1 fully saturated rings. The largest absolute Gasteiger partial charge is 0.344 e. The lowest BCUT2D eigenvalue weighted by Gasteiger charge is -2.05. The van der Waals surface area contributed by atoms with Crippen LogP contribution in [-0.2, 0) is 9.59 Å². The molecule has 0 spiro atoms. The van der Waals surface area contributed by atoms with Gasteiger partial charge in [0.05, 0.1) is 6.21 Å². The van der Waals surface area contributed by atoms with Crippen LogP contribution in [0.1, 0.15) is 12.5 Å². The molecule has 1 aliphatic rings. The molecule has 19 heavy (non-hydrogen) atoms. The molecule has 1 saturated heterocycles. The first-order valence-electron chi connectivity index (χ1n) is 5.57. The van der Waals surface area contributed by atoms with E-state index in [4.69, 9.17) is 0 Å². The van der Waals surface area contributed by atoms with Crippen molar-refractivity contribution in [2.24, 2.45) is 5.10 Å². The Hall–Kier alpha value is -2.70. The number of nitrogens with zero attached hydrogens (tertiary/aromatic N) is 2. The monoisotopic (exact) mass is 260 g/mol. The van der Waals surface area contributed by atoms with Crippen LogP contribution < -0.4 is 10.6 Å². The standard InChI is InChI=1S/C12H12N4O3/c1-8(17)14-10-4-2-9(3-5-10)6-13-16-7-11(18)15-12(16)19/h2-6H,7H2,1H3,(H,14,17)(H,15,18,19)/b13-6+. The summed E-state index contributed by atoms with van der Waals surface area (Å²) in [6.45, 7) is 1.36. The number of anilines is 1. The summed E-state index contributed by atoms with van der Waals surface area (Å²) in [5.74, 6) is -0.517. The molecule has 1 aromatic rings. The van der Waals surface area contributed by atoms with Crippen LogP contribution in [0.5, 0.6) is 0 Å². The molecule has 0 radical (unpaired) electrons. The molecule has 4 amide bonds. The quantitative estimate of drug-likeness (QED) is 0.613. The summed E-state index contributed by atoms with van der Waals surface area (Å²) < 4.78 is 0. The van der Waals surface area contributed by atoms with Gasteiger partial charge in [-0.15, -0.1) is 0 Å². The molecule has 98 valence electrons. The number of urea groups is 1. The maximum Gasteiger partial charge on any atom is 0.344 e. The number of carbonyl (C=O) groups is 3. The number of amides is 4. The normalized spacial score (nSPS) is 14.9. The SMILES string of the molecule is CC(=O)Nc1ccc(/C=N/N2CC(=O)NC2=O)cc1. The number of imide groups is 1. The number of benzene rings is 1. The van der Waals surface area contributed by atoms with Gasteiger partial charge in [-0.25, -0.2) is 9.80 Å². The third kappa shape index (κ3) is 3.38. The van der Waals surface area contributed by atoms with Crippen LogP contribution in [0.25, 0.3) is 0 Å². The van der Waals surface area contributed by atoms with E-state index < -0.39 is 6.03 Å². The molecule has 1 aromatic carbocycles. The first kappa shape index (κ1) is 12.7. The number of nitrogens with one attached hydrogen (secondary N) is 2. The first-order chi connectivity index (χ1) is 9.04. The van der Waals surface area contributed by atoms with Gasteiger partial charge in [0.25, 0.3) is 0 Å². The molecule has 0 atom stereocenters. The van der Waals surface area contributed by atoms with E-state index in [-0.39, 0.29) is 18.4 Å². The highest BCUT2D eigenvalue weighted by Gasteiger charge is 2.25. The zero-order valence-electron chi connectivity index (χ0n) is 10.2. The molecule has 0 saturated carbocycles. The Labute approximate surface area is 109 Å². The topological polar surface area (TPSA) is 90.9 Å². The van der Waals surface area contributed by atoms with Crippen molar-refractivity contribution in [2.45, 2.75) is 6.92 Å². The van der Waals surface area contributed by atoms with E-state index in [1.807, 2.05) is 0 Å². The van der Waals surface area contributed by atoms with Crippen molar-refractivity contribution in [3.63, 3.8) is 0 Å². The van der Waals surface area contributed by atoms with Crippen molar-refractivity contribution in [1.82, 2.24) is 10.3 Å². The van der Waals surface area contributed by atoms with Gasteiger partial charge in [-0.2, -0.15) is 5.10 Å². The lowest BCUT2D eigenvalue weighted by atomic mass is 10.2. The van der Waals surface area contributed by atoms with Crippen LogP contribution in [0.2, 0.25) is 0 Å². The van der Waals surface area contributed by atoms with E-state index in [9.17, 15) is 14.4 Å². The predicted octanol–water partition coefficient (Wildman–Crippen LogP) is 0.531. The maximum atomic E-state index is 11.2. The van der Waals surface area contributed by atoms with Gasteiger partial charge in [-0.3, -0.25) is 14.9 Å². The zero-order valence-corrected chi connectivity index (χ0v) is 10.2. The Balaban J connectivity index is 2.01. The lowest BCUT2D eigenvalue weighted by Crippen LogP contribution is -2.24. The summed E-state index contributed by atoms with van der Waals surface area (Å²) in [5, 5.41) is 9.71. The highest BCUT2D eigenvalue weighted by Crippen LogP contribution is 2.08. The van der Waals surface area contributed by atoms with E-state index in [0.717, 1.165) is 10.6 Å². The van der Waals surface area contributed by atoms with Gasteiger partial charge in [0.15, 0.2) is 0 Å². The van der Waals surface area contributed by atoms with Crippen LogP contribution in [0, 0.1) is 0 Å². The average Bonchev–Trinajstić information content (AvgIpc) is 2.66. The van der Waals surface area contributed by atoms with Crippen LogP contribution in [0.15, 0.2) is 29.4 Å². The Morgan fingerprint density at radius 1 is 1.37 bits per heavy atom. The molecule has 1 heterocycles. The molecule has 7 heteroatoms.